The van der Waals surface area contributed by atoms with Gasteiger partial charge in [-0.15, -0.1) is 0 Å². The molecule has 9 nitrogen and oxygen atoms in total. The Morgan fingerprint density at radius 2 is 2.14 bits per heavy atom. The van der Waals surface area contributed by atoms with Crippen LogP contribution < -0.4 is 10.2 Å². The first-order valence-electron chi connectivity index (χ1n) is 8.83. The Balaban J connectivity index is 1.64. The first-order valence-corrected chi connectivity index (χ1v) is 8.83. The molecule has 0 saturated carbocycles. The molecule has 1 N–H and O–H groups in total. The number of anilines is 3. The van der Waals surface area contributed by atoms with E-state index in [-0.39, 0.29) is 6.04 Å². The van der Waals surface area contributed by atoms with Gasteiger partial charge in [-0.3, -0.25) is 4.68 Å². The van der Waals surface area contributed by atoms with Gasteiger partial charge in [-0.1, -0.05) is 0 Å². The van der Waals surface area contributed by atoms with Gasteiger partial charge >= 0.3 is 0 Å². The Bertz CT molecular complexity index is 1090. The predicted octanol–water partition coefficient (Wildman–Crippen LogP) is 2.38. The maximum absolute atomic E-state index is 9.61. The highest BCUT2D eigenvalue weighted by Crippen LogP contribution is 2.29. The van der Waals surface area contributed by atoms with E-state index < -0.39 is 0 Å². The molecule has 1 saturated heterocycles. The number of nitrogens with one attached hydrogen (secondary N) is 1. The van der Waals surface area contributed by atoms with Gasteiger partial charge in [0.15, 0.2) is 0 Å². The topological polar surface area (TPSA) is 119 Å². The maximum Gasteiger partial charge on any atom is 0.227 e. The smallest absolute Gasteiger partial charge is 0.227 e. The zero-order chi connectivity index (χ0) is 19.5. The van der Waals surface area contributed by atoms with E-state index in [0.29, 0.717) is 28.6 Å². The molecule has 1 aliphatic heterocycles. The average molecular weight is 371 g/mol. The van der Waals surface area contributed by atoms with Crippen molar-refractivity contribution in [3.63, 3.8) is 0 Å². The molecule has 1 atom stereocenters. The van der Waals surface area contributed by atoms with Gasteiger partial charge in [0.2, 0.25) is 5.95 Å². The molecule has 0 bridgehead atoms. The van der Waals surface area contributed by atoms with Gasteiger partial charge in [0, 0.05) is 37.7 Å². The van der Waals surface area contributed by atoms with Crippen molar-refractivity contribution in [3.05, 3.63) is 42.5 Å². The summed E-state index contributed by atoms with van der Waals surface area (Å²) in [7, 11) is 1.83. The summed E-state index contributed by atoms with van der Waals surface area (Å²) >= 11 is 0. The summed E-state index contributed by atoms with van der Waals surface area (Å²) in [5.74, 6) is 0.982. The van der Waals surface area contributed by atoms with E-state index >= 15 is 0 Å². The zero-order valence-electron chi connectivity index (χ0n) is 15.2. The van der Waals surface area contributed by atoms with Gasteiger partial charge in [0.05, 0.1) is 29.2 Å². The summed E-state index contributed by atoms with van der Waals surface area (Å²) in [5, 5.41) is 26.1. The monoisotopic (exact) mass is 371 g/mol. The van der Waals surface area contributed by atoms with Crippen LogP contribution in [-0.2, 0) is 7.05 Å². The van der Waals surface area contributed by atoms with Gasteiger partial charge in [-0.05, 0) is 25.0 Å². The number of nitriles is 2. The molecular formula is C19H17N9. The Morgan fingerprint density at radius 1 is 1.25 bits per heavy atom. The van der Waals surface area contributed by atoms with Crippen LogP contribution in [-0.4, -0.2) is 37.3 Å². The molecule has 1 unspecified atom stereocenters. The van der Waals surface area contributed by atoms with E-state index in [4.69, 9.17) is 0 Å². The highest BCUT2D eigenvalue weighted by Gasteiger charge is 2.27. The van der Waals surface area contributed by atoms with Crippen molar-refractivity contribution in [1.82, 2.24) is 24.7 Å². The van der Waals surface area contributed by atoms with Crippen molar-refractivity contribution in [2.75, 3.05) is 16.8 Å². The predicted molar refractivity (Wildman–Crippen MR) is 102 cm³/mol. The van der Waals surface area contributed by atoms with Crippen LogP contribution >= 0.6 is 0 Å². The van der Waals surface area contributed by atoms with Crippen LogP contribution in [0.25, 0.3) is 11.3 Å². The first kappa shape index (κ1) is 17.4. The summed E-state index contributed by atoms with van der Waals surface area (Å²) in [6.45, 7) is 0.728. The largest absolute Gasteiger partial charge is 0.339 e. The lowest BCUT2D eigenvalue weighted by Gasteiger charge is -2.21. The molecule has 0 aromatic carbocycles. The minimum Gasteiger partial charge on any atom is -0.339 e. The first-order chi connectivity index (χ1) is 13.7. The molecule has 138 valence electrons. The number of aryl methyl sites for hydroxylation is 1. The summed E-state index contributed by atoms with van der Waals surface area (Å²) in [4.78, 5) is 15.1. The van der Waals surface area contributed by atoms with Gasteiger partial charge in [-0.25, -0.2) is 15.0 Å². The van der Waals surface area contributed by atoms with E-state index in [9.17, 15) is 10.5 Å². The van der Waals surface area contributed by atoms with E-state index in [1.807, 2.05) is 18.1 Å². The average Bonchev–Trinajstić information content (AvgIpc) is 3.36. The van der Waals surface area contributed by atoms with Crippen molar-refractivity contribution in [3.8, 4) is 23.4 Å². The van der Waals surface area contributed by atoms with Crippen molar-refractivity contribution in [2.45, 2.75) is 18.9 Å². The second kappa shape index (κ2) is 7.33. The van der Waals surface area contributed by atoms with E-state index in [2.05, 4.69) is 37.5 Å². The van der Waals surface area contributed by atoms with Crippen LogP contribution in [0.2, 0.25) is 0 Å². The Labute approximate surface area is 161 Å². The van der Waals surface area contributed by atoms with Crippen molar-refractivity contribution < 1.29 is 0 Å². The number of nitrogens with zero attached hydrogens (tertiary/aromatic N) is 8. The van der Waals surface area contributed by atoms with Crippen molar-refractivity contribution in [2.24, 2.45) is 7.05 Å². The lowest BCUT2D eigenvalue weighted by molar-refractivity contribution is 0.768. The fraction of sp³-hybridized carbons (Fsp3) is 0.263. The third-order valence-electron chi connectivity index (χ3n) is 4.57. The van der Waals surface area contributed by atoms with E-state index in [1.165, 1.54) is 0 Å². The van der Waals surface area contributed by atoms with Crippen molar-refractivity contribution >= 4 is 17.5 Å². The Kier molecular flexibility index (Phi) is 4.56. The Morgan fingerprint density at radius 3 is 2.89 bits per heavy atom. The lowest BCUT2D eigenvalue weighted by Crippen LogP contribution is -2.29. The molecule has 4 heterocycles. The molecule has 1 fully saturated rings. The molecule has 9 heteroatoms. The number of pyridine rings is 1. The van der Waals surface area contributed by atoms with E-state index in [1.54, 1.807) is 35.4 Å². The molecule has 0 spiro atoms. The van der Waals surface area contributed by atoms with Crippen molar-refractivity contribution in [1.29, 1.82) is 10.5 Å². The van der Waals surface area contributed by atoms with Crippen LogP contribution in [0.3, 0.4) is 0 Å². The molecule has 0 aliphatic carbocycles. The van der Waals surface area contributed by atoms with Crippen LogP contribution in [0, 0.1) is 22.7 Å². The highest BCUT2D eigenvalue weighted by molar-refractivity contribution is 5.67. The van der Waals surface area contributed by atoms with Crippen LogP contribution in [0.1, 0.15) is 18.4 Å². The fourth-order valence-electron chi connectivity index (χ4n) is 3.26. The molecular weight excluding hydrogens is 354 g/mol. The second-order valence-electron chi connectivity index (χ2n) is 6.48. The SMILES string of the molecule is Cn1cc(Nc2nccc(-c3cnc(N4CCCC4C#N)c(C#N)c3)n2)cn1. The minimum atomic E-state index is -0.236. The number of hydrogen-bond acceptors (Lipinski definition) is 8. The van der Waals surface area contributed by atoms with Gasteiger partial charge < -0.3 is 10.2 Å². The zero-order valence-corrected chi connectivity index (χ0v) is 15.2. The normalized spacial score (nSPS) is 15.8. The van der Waals surface area contributed by atoms with Gasteiger partial charge in [-0.2, -0.15) is 15.6 Å². The number of aromatic nitrogens is 5. The molecule has 4 rings (SSSR count). The molecule has 3 aromatic rings. The lowest BCUT2D eigenvalue weighted by atomic mass is 10.1. The standard InChI is InChI=1S/C19H17N9/c1-27-12-15(11-24-27)25-19-22-5-4-17(26-19)14-7-13(8-20)18(23-10-14)28-6-2-3-16(28)9-21/h4-5,7,10-12,16H,2-3,6H2,1H3,(H,22,25,26). The summed E-state index contributed by atoms with van der Waals surface area (Å²) < 4.78 is 1.68. The Hall–Kier alpha value is -3.98. The van der Waals surface area contributed by atoms with Crippen LogP contribution in [0.4, 0.5) is 17.5 Å². The maximum atomic E-state index is 9.61. The summed E-state index contributed by atoms with van der Waals surface area (Å²) in [5.41, 5.74) is 2.57. The summed E-state index contributed by atoms with van der Waals surface area (Å²) in [6, 6.07) is 7.77. The van der Waals surface area contributed by atoms with E-state index in [0.717, 1.165) is 25.1 Å². The third-order valence-corrected chi connectivity index (χ3v) is 4.57. The minimum absolute atomic E-state index is 0.236. The number of rotatable bonds is 4. The highest BCUT2D eigenvalue weighted by atomic mass is 15.3. The third kappa shape index (κ3) is 3.33. The summed E-state index contributed by atoms with van der Waals surface area (Å²) in [6.07, 6.45) is 8.54. The molecule has 28 heavy (non-hydrogen) atoms. The quantitative estimate of drug-likeness (QED) is 0.742. The molecule has 0 radical (unpaired) electrons. The fourth-order valence-corrected chi connectivity index (χ4v) is 3.26. The van der Waals surface area contributed by atoms with Crippen LogP contribution in [0.15, 0.2) is 36.9 Å². The molecule has 3 aromatic heterocycles. The second-order valence-corrected chi connectivity index (χ2v) is 6.48. The van der Waals surface area contributed by atoms with Gasteiger partial charge in [0.25, 0.3) is 0 Å². The molecule has 1 aliphatic rings. The number of hydrogen-bond donors (Lipinski definition) is 1. The molecule has 0 amide bonds. The van der Waals surface area contributed by atoms with Crippen LogP contribution in [0.5, 0.6) is 0 Å². The van der Waals surface area contributed by atoms with Gasteiger partial charge in [0.1, 0.15) is 17.9 Å².